The summed E-state index contributed by atoms with van der Waals surface area (Å²) in [5, 5.41) is 17.7. The van der Waals surface area contributed by atoms with Crippen molar-refractivity contribution in [3.8, 4) is 6.07 Å². The molecular formula is C12H15N3O3. The summed E-state index contributed by atoms with van der Waals surface area (Å²) in [5.41, 5.74) is 1.07. The lowest BCUT2D eigenvalue weighted by molar-refractivity contribution is -0.135. The van der Waals surface area contributed by atoms with Crippen LogP contribution in [0.5, 0.6) is 0 Å². The zero-order valence-corrected chi connectivity index (χ0v) is 10.4. The van der Waals surface area contributed by atoms with Crippen molar-refractivity contribution >= 4 is 11.8 Å². The Bertz CT molecular complexity index is 468. The highest BCUT2D eigenvalue weighted by molar-refractivity contribution is 5.73. The molecule has 96 valence electrons. The second-order valence-corrected chi connectivity index (χ2v) is 3.72. The molecule has 1 aromatic heterocycles. The quantitative estimate of drug-likeness (QED) is 0.802. The largest absolute Gasteiger partial charge is 0.480 e. The lowest BCUT2D eigenvalue weighted by Crippen LogP contribution is -2.33. The zero-order chi connectivity index (χ0) is 13.5. The number of aliphatic carboxylic acids is 1. The normalized spacial score (nSPS) is 9.83. The van der Waals surface area contributed by atoms with E-state index in [1.807, 2.05) is 6.07 Å². The first-order chi connectivity index (χ1) is 8.58. The smallest absolute Gasteiger partial charge is 0.323 e. The van der Waals surface area contributed by atoms with Crippen LogP contribution in [0.2, 0.25) is 0 Å². The summed E-state index contributed by atoms with van der Waals surface area (Å²) >= 11 is 0. The van der Waals surface area contributed by atoms with Crippen molar-refractivity contribution in [3.05, 3.63) is 23.4 Å². The summed E-state index contributed by atoms with van der Waals surface area (Å²) in [4.78, 5) is 16.6. The molecule has 0 unspecified atom stereocenters. The lowest BCUT2D eigenvalue weighted by atomic mass is 10.2. The first-order valence-electron chi connectivity index (χ1n) is 5.42. The van der Waals surface area contributed by atoms with Gasteiger partial charge < -0.3 is 14.7 Å². The number of carboxylic acids is 1. The summed E-state index contributed by atoms with van der Waals surface area (Å²) in [6, 6.07) is 5.30. The van der Waals surface area contributed by atoms with Crippen LogP contribution in [0.4, 0.5) is 5.82 Å². The van der Waals surface area contributed by atoms with Gasteiger partial charge in [0, 0.05) is 13.7 Å². The Morgan fingerprint density at radius 2 is 2.33 bits per heavy atom. The second kappa shape index (κ2) is 6.57. The van der Waals surface area contributed by atoms with Gasteiger partial charge in [-0.15, -0.1) is 0 Å². The minimum atomic E-state index is -0.935. The molecule has 0 aliphatic heterocycles. The average molecular weight is 249 g/mol. The van der Waals surface area contributed by atoms with Crippen molar-refractivity contribution in [2.75, 3.05) is 31.7 Å². The van der Waals surface area contributed by atoms with E-state index in [9.17, 15) is 4.79 Å². The Morgan fingerprint density at radius 1 is 1.61 bits per heavy atom. The number of nitriles is 1. The SMILES string of the molecule is COCCN(CC(=O)O)c1ccc(C#N)c(C)n1. The molecule has 0 fully saturated rings. The van der Waals surface area contributed by atoms with Gasteiger partial charge in [-0.1, -0.05) is 0 Å². The molecule has 1 heterocycles. The molecule has 6 nitrogen and oxygen atoms in total. The average Bonchev–Trinajstić information content (AvgIpc) is 2.34. The zero-order valence-electron chi connectivity index (χ0n) is 10.4. The first kappa shape index (κ1) is 13.9. The maximum atomic E-state index is 10.8. The van der Waals surface area contributed by atoms with Crippen LogP contribution in [-0.4, -0.2) is 42.9 Å². The summed E-state index contributed by atoms with van der Waals surface area (Å²) < 4.78 is 4.94. The molecule has 18 heavy (non-hydrogen) atoms. The Hall–Kier alpha value is -2.13. The van der Waals surface area contributed by atoms with Crippen LogP contribution in [-0.2, 0) is 9.53 Å². The molecule has 1 aromatic rings. The number of aryl methyl sites for hydroxylation is 1. The molecule has 0 saturated carbocycles. The fourth-order valence-electron chi connectivity index (χ4n) is 1.48. The van der Waals surface area contributed by atoms with Gasteiger partial charge in [0.05, 0.1) is 17.9 Å². The van der Waals surface area contributed by atoms with Gasteiger partial charge in [0.15, 0.2) is 0 Å². The predicted octanol–water partition coefficient (Wildman–Crippen LogP) is 0.799. The number of ether oxygens (including phenoxy) is 1. The van der Waals surface area contributed by atoms with Gasteiger partial charge in [0.2, 0.25) is 0 Å². The van der Waals surface area contributed by atoms with E-state index < -0.39 is 5.97 Å². The van der Waals surface area contributed by atoms with Crippen LogP contribution in [0.1, 0.15) is 11.3 Å². The number of rotatable bonds is 6. The number of anilines is 1. The molecule has 0 aromatic carbocycles. The minimum absolute atomic E-state index is 0.151. The van der Waals surface area contributed by atoms with Gasteiger partial charge in [-0.2, -0.15) is 5.26 Å². The number of hydrogen-bond donors (Lipinski definition) is 1. The fraction of sp³-hybridized carbons (Fsp3) is 0.417. The Balaban J connectivity index is 2.94. The number of nitrogens with zero attached hydrogens (tertiary/aromatic N) is 3. The van der Waals surface area contributed by atoms with E-state index in [-0.39, 0.29) is 6.54 Å². The Labute approximate surface area is 105 Å². The molecule has 0 aliphatic carbocycles. The van der Waals surface area contributed by atoms with Crippen molar-refractivity contribution in [1.82, 2.24) is 4.98 Å². The predicted molar refractivity (Wildman–Crippen MR) is 65.4 cm³/mol. The highest BCUT2D eigenvalue weighted by Crippen LogP contribution is 2.14. The van der Waals surface area contributed by atoms with E-state index in [1.165, 1.54) is 0 Å². The number of hydrogen-bond acceptors (Lipinski definition) is 5. The van der Waals surface area contributed by atoms with Gasteiger partial charge in [0.1, 0.15) is 18.4 Å². The van der Waals surface area contributed by atoms with Crippen LogP contribution in [0.25, 0.3) is 0 Å². The van der Waals surface area contributed by atoms with Gasteiger partial charge in [-0.3, -0.25) is 4.79 Å². The fourth-order valence-corrected chi connectivity index (χ4v) is 1.48. The van der Waals surface area contributed by atoms with Crippen LogP contribution in [0.15, 0.2) is 12.1 Å². The number of carbonyl (C=O) groups is 1. The maximum Gasteiger partial charge on any atom is 0.323 e. The molecule has 0 aliphatic rings. The van der Waals surface area contributed by atoms with Crippen LogP contribution < -0.4 is 4.90 Å². The van der Waals surface area contributed by atoms with E-state index in [4.69, 9.17) is 15.1 Å². The third kappa shape index (κ3) is 3.71. The standard InChI is InChI=1S/C12H15N3O3/c1-9-10(7-13)3-4-11(14-9)15(5-6-18-2)8-12(16)17/h3-4H,5-6,8H2,1-2H3,(H,16,17). The van der Waals surface area contributed by atoms with Gasteiger partial charge in [0.25, 0.3) is 0 Å². The summed E-state index contributed by atoms with van der Waals surface area (Å²) in [6.07, 6.45) is 0. The van der Waals surface area contributed by atoms with E-state index >= 15 is 0 Å². The van der Waals surface area contributed by atoms with E-state index in [0.29, 0.717) is 30.2 Å². The van der Waals surface area contributed by atoms with E-state index in [0.717, 1.165) is 0 Å². The number of methoxy groups -OCH3 is 1. The molecule has 6 heteroatoms. The van der Waals surface area contributed by atoms with Crippen molar-refractivity contribution in [3.63, 3.8) is 0 Å². The van der Waals surface area contributed by atoms with Crippen molar-refractivity contribution in [1.29, 1.82) is 5.26 Å². The number of carboxylic acid groups (broad SMARTS) is 1. The molecule has 0 bridgehead atoms. The molecule has 0 amide bonds. The third-order valence-corrected chi connectivity index (χ3v) is 2.41. The van der Waals surface area contributed by atoms with Crippen molar-refractivity contribution < 1.29 is 14.6 Å². The molecule has 1 N–H and O–H groups in total. The first-order valence-corrected chi connectivity index (χ1v) is 5.42. The Morgan fingerprint density at radius 3 is 2.83 bits per heavy atom. The van der Waals surface area contributed by atoms with Gasteiger partial charge >= 0.3 is 5.97 Å². The van der Waals surface area contributed by atoms with Gasteiger partial charge in [-0.25, -0.2) is 4.98 Å². The highest BCUT2D eigenvalue weighted by atomic mass is 16.5. The maximum absolute atomic E-state index is 10.8. The second-order valence-electron chi connectivity index (χ2n) is 3.72. The topological polar surface area (TPSA) is 86.5 Å². The van der Waals surface area contributed by atoms with E-state index in [2.05, 4.69) is 4.98 Å². The molecule has 0 radical (unpaired) electrons. The molecule has 0 saturated heterocycles. The third-order valence-electron chi connectivity index (χ3n) is 2.41. The molecule has 1 rings (SSSR count). The van der Waals surface area contributed by atoms with Crippen molar-refractivity contribution in [2.45, 2.75) is 6.92 Å². The van der Waals surface area contributed by atoms with Crippen molar-refractivity contribution in [2.24, 2.45) is 0 Å². The minimum Gasteiger partial charge on any atom is -0.480 e. The molecule has 0 spiro atoms. The number of pyridine rings is 1. The summed E-state index contributed by atoms with van der Waals surface area (Å²) in [7, 11) is 1.55. The lowest BCUT2D eigenvalue weighted by Gasteiger charge is -2.21. The summed E-state index contributed by atoms with van der Waals surface area (Å²) in [5.74, 6) is -0.402. The highest BCUT2D eigenvalue weighted by Gasteiger charge is 2.12. The van der Waals surface area contributed by atoms with Crippen LogP contribution in [0.3, 0.4) is 0 Å². The van der Waals surface area contributed by atoms with E-state index in [1.54, 1.807) is 31.1 Å². The number of aromatic nitrogens is 1. The van der Waals surface area contributed by atoms with Gasteiger partial charge in [-0.05, 0) is 19.1 Å². The monoisotopic (exact) mass is 249 g/mol. The molecule has 0 atom stereocenters. The van der Waals surface area contributed by atoms with Crippen LogP contribution >= 0.6 is 0 Å². The Kier molecular flexibility index (Phi) is 5.08. The van der Waals surface area contributed by atoms with Crippen LogP contribution in [0, 0.1) is 18.3 Å². The summed E-state index contributed by atoms with van der Waals surface area (Å²) in [6.45, 7) is 2.41. The molecular weight excluding hydrogens is 234 g/mol.